The van der Waals surface area contributed by atoms with Gasteiger partial charge >= 0.3 is 0 Å². The Kier molecular flexibility index (Phi) is 4.41. The first-order chi connectivity index (χ1) is 13.0. The molecule has 8 heteroatoms. The van der Waals surface area contributed by atoms with Crippen molar-refractivity contribution < 1.29 is 14.0 Å². The molecule has 1 aromatic carbocycles. The molecule has 1 unspecified atom stereocenters. The number of benzene rings is 1. The third-order valence-corrected chi connectivity index (χ3v) is 5.39. The number of aromatic nitrogens is 2. The number of halogens is 1. The maximum absolute atomic E-state index is 13.4. The normalized spacial score (nSPS) is 15.8. The average molecular weight is 382 g/mol. The number of aryl methyl sites for hydroxylation is 1. The van der Waals surface area contributed by atoms with Crippen molar-refractivity contribution in [2.75, 3.05) is 10.6 Å². The van der Waals surface area contributed by atoms with Crippen LogP contribution in [0.25, 0.3) is 10.6 Å². The summed E-state index contributed by atoms with van der Waals surface area (Å²) in [5.41, 5.74) is 2.46. The smallest absolute Gasteiger partial charge is 0.234 e. The fourth-order valence-corrected chi connectivity index (χ4v) is 3.99. The molecule has 2 N–H and O–H groups in total. The molecule has 0 fully saturated rings. The van der Waals surface area contributed by atoms with Crippen molar-refractivity contribution in [3.63, 3.8) is 0 Å². The summed E-state index contributed by atoms with van der Waals surface area (Å²) in [7, 11) is 0. The van der Waals surface area contributed by atoms with Crippen molar-refractivity contribution in [2.24, 2.45) is 0 Å². The summed E-state index contributed by atoms with van der Waals surface area (Å²) < 4.78 is 13.4. The number of rotatable bonds is 3. The maximum Gasteiger partial charge on any atom is 0.234 e. The SMILES string of the molecule is Cc1nc(NC(=O)C2CC(=O)Nc3cc(F)ccc32)sc1-c1ccccn1. The van der Waals surface area contributed by atoms with E-state index in [4.69, 9.17) is 0 Å². The van der Waals surface area contributed by atoms with E-state index < -0.39 is 11.7 Å². The van der Waals surface area contributed by atoms with Crippen molar-refractivity contribution in [1.82, 2.24) is 9.97 Å². The van der Waals surface area contributed by atoms with E-state index in [2.05, 4.69) is 20.6 Å². The molecule has 27 heavy (non-hydrogen) atoms. The van der Waals surface area contributed by atoms with Crippen LogP contribution < -0.4 is 10.6 Å². The molecule has 1 aliphatic heterocycles. The van der Waals surface area contributed by atoms with E-state index in [0.717, 1.165) is 16.3 Å². The second-order valence-corrected chi connectivity index (χ2v) is 7.17. The van der Waals surface area contributed by atoms with Gasteiger partial charge in [0.1, 0.15) is 5.82 Å². The minimum atomic E-state index is -0.697. The van der Waals surface area contributed by atoms with Gasteiger partial charge in [0.25, 0.3) is 0 Å². The van der Waals surface area contributed by atoms with Gasteiger partial charge in [-0.25, -0.2) is 9.37 Å². The van der Waals surface area contributed by atoms with Crippen LogP contribution in [-0.2, 0) is 9.59 Å². The Balaban J connectivity index is 1.60. The second-order valence-electron chi connectivity index (χ2n) is 6.17. The highest BCUT2D eigenvalue weighted by Crippen LogP contribution is 2.35. The number of hydrogen-bond donors (Lipinski definition) is 2. The topological polar surface area (TPSA) is 84.0 Å². The monoisotopic (exact) mass is 382 g/mol. The van der Waals surface area contributed by atoms with Crippen LogP contribution in [0.15, 0.2) is 42.6 Å². The number of thiazole rings is 1. The number of pyridine rings is 1. The number of anilines is 2. The van der Waals surface area contributed by atoms with E-state index in [1.165, 1.54) is 29.5 Å². The Labute approximate surface area is 158 Å². The molecule has 2 aromatic heterocycles. The van der Waals surface area contributed by atoms with Gasteiger partial charge in [0.05, 0.1) is 22.2 Å². The predicted octanol–water partition coefficient (Wildman–Crippen LogP) is 3.72. The molecule has 0 spiro atoms. The summed E-state index contributed by atoms with van der Waals surface area (Å²) in [6.07, 6.45) is 1.70. The van der Waals surface area contributed by atoms with E-state index in [9.17, 15) is 14.0 Å². The summed E-state index contributed by atoms with van der Waals surface area (Å²) in [4.78, 5) is 34.3. The molecule has 0 saturated heterocycles. The fraction of sp³-hybridized carbons (Fsp3) is 0.158. The zero-order valence-electron chi connectivity index (χ0n) is 14.3. The summed E-state index contributed by atoms with van der Waals surface area (Å²) in [6, 6.07) is 9.62. The van der Waals surface area contributed by atoms with Crippen LogP contribution in [0.5, 0.6) is 0 Å². The van der Waals surface area contributed by atoms with Gasteiger partial charge in [-0.05, 0) is 36.8 Å². The first-order valence-corrected chi connectivity index (χ1v) is 9.12. The van der Waals surface area contributed by atoms with E-state index in [0.29, 0.717) is 16.4 Å². The highest BCUT2D eigenvalue weighted by molar-refractivity contribution is 7.19. The summed E-state index contributed by atoms with van der Waals surface area (Å²) in [5, 5.41) is 5.83. The molecular weight excluding hydrogens is 367 g/mol. The zero-order chi connectivity index (χ0) is 19.0. The minimum Gasteiger partial charge on any atom is -0.326 e. The molecule has 0 aliphatic carbocycles. The minimum absolute atomic E-state index is 0.00191. The number of nitrogens with zero attached hydrogens (tertiary/aromatic N) is 2. The highest BCUT2D eigenvalue weighted by atomic mass is 32.1. The number of carbonyl (C=O) groups excluding carboxylic acids is 2. The average Bonchev–Trinajstić information content (AvgIpc) is 3.01. The summed E-state index contributed by atoms with van der Waals surface area (Å²) >= 11 is 1.32. The molecule has 0 bridgehead atoms. The maximum atomic E-state index is 13.4. The molecule has 0 radical (unpaired) electrons. The Hall–Kier alpha value is -3.13. The molecule has 1 aliphatic rings. The molecule has 6 nitrogen and oxygen atoms in total. The molecule has 2 amide bonds. The largest absolute Gasteiger partial charge is 0.326 e. The van der Waals surface area contributed by atoms with Crippen LogP contribution in [-0.4, -0.2) is 21.8 Å². The Morgan fingerprint density at radius 3 is 2.96 bits per heavy atom. The predicted molar refractivity (Wildman–Crippen MR) is 101 cm³/mol. The van der Waals surface area contributed by atoms with Crippen molar-refractivity contribution in [1.29, 1.82) is 0 Å². The van der Waals surface area contributed by atoms with Crippen LogP contribution in [0, 0.1) is 12.7 Å². The molecule has 1 atom stereocenters. The van der Waals surface area contributed by atoms with Gasteiger partial charge in [-0.2, -0.15) is 0 Å². The van der Waals surface area contributed by atoms with E-state index in [-0.39, 0.29) is 18.2 Å². The second kappa shape index (κ2) is 6.88. The molecular formula is C19H15FN4O2S. The van der Waals surface area contributed by atoms with E-state index in [1.54, 1.807) is 6.20 Å². The van der Waals surface area contributed by atoms with Crippen molar-refractivity contribution >= 4 is 34.0 Å². The quantitative estimate of drug-likeness (QED) is 0.723. The van der Waals surface area contributed by atoms with Crippen molar-refractivity contribution in [3.8, 4) is 10.6 Å². The van der Waals surface area contributed by atoms with Gasteiger partial charge in [0.2, 0.25) is 11.8 Å². The molecule has 4 rings (SSSR count). The first kappa shape index (κ1) is 17.3. The standard InChI is InChI=1S/C19H15FN4O2S/c1-10-17(14-4-2-3-7-21-14)27-19(22-10)24-18(26)13-9-16(25)23-15-8-11(20)5-6-12(13)15/h2-8,13H,9H2,1H3,(H,23,25)(H,22,24,26). The van der Waals surface area contributed by atoms with Crippen LogP contribution in [0.4, 0.5) is 15.2 Å². The summed E-state index contributed by atoms with van der Waals surface area (Å²) in [5.74, 6) is -1.83. The van der Waals surface area contributed by atoms with Gasteiger partial charge in [-0.1, -0.05) is 23.5 Å². The van der Waals surface area contributed by atoms with Crippen LogP contribution in [0.3, 0.4) is 0 Å². The highest BCUT2D eigenvalue weighted by Gasteiger charge is 2.31. The van der Waals surface area contributed by atoms with E-state index >= 15 is 0 Å². The zero-order valence-corrected chi connectivity index (χ0v) is 15.1. The van der Waals surface area contributed by atoms with Crippen LogP contribution in [0.2, 0.25) is 0 Å². The van der Waals surface area contributed by atoms with Crippen molar-refractivity contribution in [3.05, 3.63) is 59.7 Å². The lowest BCUT2D eigenvalue weighted by Gasteiger charge is -2.24. The number of fused-ring (bicyclic) bond motifs is 1. The molecule has 3 aromatic rings. The Morgan fingerprint density at radius 2 is 2.19 bits per heavy atom. The van der Waals surface area contributed by atoms with Crippen molar-refractivity contribution in [2.45, 2.75) is 19.3 Å². The van der Waals surface area contributed by atoms with Crippen LogP contribution >= 0.6 is 11.3 Å². The number of amides is 2. The Morgan fingerprint density at radius 1 is 1.33 bits per heavy atom. The third kappa shape index (κ3) is 3.43. The van der Waals surface area contributed by atoms with Gasteiger partial charge in [-0.15, -0.1) is 0 Å². The summed E-state index contributed by atoms with van der Waals surface area (Å²) in [6.45, 7) is 1.85. The lowest BCUT2D eigenvalue weighted by molar-refractivity contribution is -0.123. The number of carbonyl (C=O) groups is 2. The van der Waals surface area contributed by atoms with Gasteiger partial charge < -0.3 is 10.6 Å². The molecule has 3 heterocycles. The molecule has 136 valence electrons. The number of nitrogens with one attached hydrogen (secondary N) is 2. The van der Waals surface area contributed by atoms with Gasteiger partial charge in [-0.3, -0.25) is 14.6 Å². The Bertz CT molecular complexity index is 1040. The lowest BCUT2D eigenvalue weighted by Crippen LogP contribution is -2.30. The lowest BCUT2D eigenvalue weighted by atomic mass is 9.90. The number of hydrogen-bond acceptors (Lipinski definition) is 5. The van der Waals surface area contributed by atoms with Gasteiger partial charge in [0, 0.05) is 18.3 Å². The molecule has 0 saturated carbocycles. The van der Waals surface area contributed by atoms with E-state index in [1.807, 2.05) is 25.1 Å². The fourth-order valence-electron chi connectivity index (χ4n) is 3.05. The third-order valence-electron chi connectivity index (χ3n) is 4.30. The van der Waals surface area contributed by atoms with Crippen LogP contribution in [0.1, 0.15) is 23.6 Å². The first-order valence-electron chi connectivity index (χ1n) is 8.30. The van der Waals surface area contributed by atoms with Gasteiger partial charge in [0.15, 0.2) is 5.13 Å².